The third kappa shape index (κ3) is 4.93. The SMILES string of the molecule is CC(C)c1nnc(SCC(=O)N2CCN(S(=O)(=O)c3ccc(Cl)cc3)CC2)n1C. The van der Waals surface area contributed by atoms with Crippen molar-refractivity contribution in [2.24, 2.45) is 7.05 Å². The minimum absolute atomic E-state index is 0.0346. The fraction of sp³-hybridized carbons (Fsp3) is 0.500. The summed E-state index contributed by atoms with van der Waals surface area (Å²) in [5.74, 6) is 1.34. The van der Waals surface area contributed by atoms with Crippen molar-refractivity contribution < 1.29 is 13.2 Å². The molecule has 8 nitrogen and oxygen atoms in total. The number of hydrogen-bond acceptors (Lipinski definition) is 6. The minimum atomic E-state index is -3.58. The summed E-state index contributed by atoms with van der Waals surface area (Å²) in [6.45, 7) is 5.35. The van der Waals surface area contributed by atoms with Crippen molar-refractivity contribution in [1.29, 1.82) is 0 Å². The van der Waals surface area contributed by atoms with Crippen LogP contribution in [-0.2, 0) is 21.9 Å². The van der Waals surface area contributed by atoms with E-state index in [2.05, 4.69) is 10.2 Å². The van der Waals surface area contributed by atoms with Gasteiger partial charge in [-0.15, -0.1) is 10.2 Å². The zero-order chi connectivity index (χ0) is 21.2. The summed E-state index contributed by atoms with van der Waals surface area (Å²) in [6.07, 6.45) is 0. The third-order valence-corrected chi connectivity index (χ3v) is 7.92. The lowest BCUT2D eigenvalue weighted by Crippen LogP contribution is -2.50. The van der Waals surface area contributed by atoms with Crippen LogP contribution in [0, 0.1) is 0 Å². The van der Waals surface area contributed by atoms with Gasteiger partial charge < -0.3 is 9.47 Å². The lowest BCUT2D eigenvalue weighted by Gasteiger charge is -2.34. The molecule has 2 heterocycles. The van der Waals surface area contributed by atoms with Crippen molar-refractivity contribution in [2.45, 2.75) is 29.8 Å². The highest BCUT2D eigenvalue weighted by molar-refractivity contribution is 7.99. The normalized spacial score (nSPS) is 15.8. The molecule has 0 radical (unpaired) electrons. The Morgan fingerprint density at radius 1 is 1.14 bits per heavy atom. The summed E-state index contributed by atoms with van der Waals surface area (Å²) < 4.78 is 28.8. The monoisotopic (exact) mass is 457 g/mol. The molecule has 0 N–H and O–H groups in total. The number of nitrogens with zero attached hydrogens (tertiary/aromatic N) is 5. The van der Waals surface area contributed by atoms with Gasteiger partial charge in [0.2, 0.25) is 15.9 Å². The van der Waals surface area contributed by atoms with Crippen molar-refractivity contribution in [1.82, 2.24) is 24.0 Å². The fourth-order valence-corrected chi connectivity index (χ4v) is 5.47. The molecule has 1 aliphatic rings. The number of piperazine rings is 1. The maximum Gasteiger partial charge on any atom is 0.243 e. The smallest absolute Gasteiger partial charge is 0.243 e. The van der Waals surface area contributed by atoms with E-state index >= 15 is 0 Å². The van der Waals surface area contributed by atoms with Crippen LogP contribution >= 0.6 is 23.4 Å². The van der Waals surface area contributed by atoms with Gasteiger partial charge in [0.15, 0.2) is 5.16 Å². The molecule has 29 heavy (non-hydrogen) atoms. The number of rotatable bonds is 6. The number of amides is 1. The molecule has 1 fully saturated rings. The Hall–Kier alpha value is -1.62. The number of carbonyl (C=O) groups is 1. The van der Waals surface area contributed by atoms with E-state index in [-0.39, 0.29) is 35.6 Å². The van der Waals surface area contributed by atoms with Crippen LogP contribution in [0.25, 0.3) is 0 Å². The molecule has 1 aromatic heterocycles. The summed E-state index contributed by atoms with van der Waals surface area (Å²) in [5, 5.41) is 9.50. The van der Waals surface area contributed by atoms with Crippen LogP contribution in [0.15, 0.2) is 34.3 Å². The molecule has 11 heteroatoms. The highest BCUT2D eigenvalue weighted by atomic mass is 35.5. The molecule has 158 valence electrons. The van der Waals surface area contributed by atoms with Gasteiger partial charge in [0.1, 0.15) is 5.82 Å². The largest absolute Gasteiger partial charge is 0.339 e. The lowest BCUT2D eigenvalue weighted by atomic mass is 10.2. The zero-order valence-electron chi connectivity index (χ0n) is 16.6. The van der Waals surface area contributed by atoms with Crippen molar-refractivity contribution in [2.75, 3.05) is 31.9 Å². The van der Waals surface area contributed by atoms with Crippen LogP contribution in [0.4, 0.5) is 0 Å². The first kappa shape index (κ1) is 22.1. The molecule has 1 amide bonds. The molecule has 0 spiro atoms. The zero-order valence-corrected chi connectivity index (χ0v) is 19.0. The molecule has 1 aliphatic heterocycles. The van der Waals surface area contributed by atoms with E-state index in [4.69, 9.17) is 11.6 Å². The molecule has 2 aromatic rings. The van der Waals surface area contributed by atoms with E-state index in [0.717, 1.165) is 5.82 Å². The van der Waals surface area contributed by atoms with E-state index in [9.17, 15) is 13.2 Å². The van der Waals surface area contributed by atoms with Gasteiger partial charge in [-0.1, -0.05) is 37.2 Å². The van der Waals surface area contributed by atoms with Crippen LogP contribution in [0.1, 0.15) is 25.6 Å². The quantitative estimate of drug-likeness (QED) is 0.618. The van der Waals surface area contributed by atoms with Gasteiger partial charge >= 0.3 is 0 Å². The number of benzene rings is 1. The molecule has 0 saturated carbocycles. The lowest BCUT2D eigenvalue weighted by molar-refractivity contribution is -0.129. The van der Waals surface area contributed by atoms with Gasteiger partial charge in [-0.3, -0.25) is 4.79 Å². The Labute approximate surface area is 180 Å². The van der Waals surface area contributed by atoms with Gasteiger partial charge in [0, 0.05) is 44.2 Å². The second-order valence-electron chi connectivity index (χ2n) is 7.08. The number of thioether (sulfide) groups is 1. The van der Waals surface area contributed by atoms with Crippen molar-refractivity contribution in [3.8, 4) is 0 Å². The Morgan fingerprint density at radius 3 is 2.31 bits per heavy atom. The van der Waals surface area contributed by atoms with Crippen LogP contribution in [0.3, 0.4) is 0 Å². The van der Waals surface area contributed by atoms with Crippen LogP contribution in [-0.4, -0.2) is 70.2 Å². The van der Waals surface area contributed by atoms with Gasteiger partial charge in [0.05, 0.1) is 10.6 Å². The van der Waals surface area contributed by atoms with Crippen LogP contribution in [0.2, 0.25) is 5.02 Å². The molecule has 0 unspecified atom stereocenters. The summed E-state index contributed by atoms with van der Waals surface area (Å²) in [7, 11) is -1.69. The number of halogens is 1. The Kier molecular flexibility index (Phi) is 6.87. The van der Waals surface area contributed by atoms with Crippen molar-refractivity contribution in [3.63, 3.8) is 0 Å². The van der Waals surface area contributed by atoms with Crippen molar-refractivity contribution >= 4 is 39.3 Å². The first-order chi connectivity index (χ1) is 13.7. The predicted molar refractivity (Wildman–Crippen MR) is 113 cm³/mol. The highest BCUT2D eigenvalue weighted by Crippen LogP contribution is 2.22. The van der Waals surface area contributed by atoms with Crippen LogP contribution in [0.5, 0.6) is 0 Å². The Bertz CT molecular complexity index is 968. The molecular formula is C18H24ClN5O3S2. The maximum absolute atomic E-state index is 12.7. The third-order valence-electron chi connectivity index (χ3n) is 4.75. The molecular weight excluding hydrogens is 434 g/mol. The number of hydrogen-bond donors (Lipinski definition) is 0. The summed E-state index contributed by atoms with van der Waals surface area (Å²) in [6, 6.07) is 6.11. The van der Waals surface area contributed by atoms with Crippen molar-refractivity contribution in [3.05, 3.63) is 35.1 Å². The summed E-state index contributed by atoms with van der Waals surface area (Å²) in [5.41, 5.74) is 0. The average molecular weight is 458 g/mol. The van der Waals surface area contributed by atoms with Crippen LogP contribution < -0.4 is 0 Å². The van der Waals surface area contributed by atoms with Gasteiger partial charge in [-0.2, -0.15) is 4.31 Å². The second kappa shape index (κ2) is 9.03. The maximum atomic E-state index is 12.7. The topological polar surface area (TPSA) is 88.4 Å². The molecule has 0 bridgehead atoms. The second-order valence-corrected chi connectivity index (χ2v) is 10.4. The van der Waals surface area contributed by atoms with Gasteiger partial charge in [-0.05, 0) is 24.3 Å². The summed E-state index contributed by atoms with van der Waals surface area (Å²) >= 11 is 7.18. The standard InChI is InChI=1S/C18H24ClN5O3S2/c1-13(2)17-20-21-18(22(17)3)28-12-16(25)23-8-10-24(11-9-23)29(26,27)15-6-4-14(19)5-7-15/h4-7,13H,8-12H2,1-3H3. The van der Waals surface area contributed by atoms with E-state index in [1.807, 2.05) is 25.5 Å². The average Bonchev–Trinajstić information content (AvgIpc) is 3.07. The number of sulfonamides is 1. The minimum Gasteiger partial charge on any atom is -0.339 e. The highest BCUT2D eigenvalue weighted by Gasteiger charge is 2.30. The van der Waals surface area contributed by atoms with E-state index < -0.39 is 10.0 Å². The first-order valence-corrected chi connectivity index (χ1v) is 12.1. The molecule has 1 aromatic carbocycles. The number of carbonyl (C=O) groups excluding carboxylic acids is 1. The fourth-order valence-electron chi connectivity index (χ4n) is 3.11. The summed E-state index contributed by atoms with van der Waals surface area (Å²) in [4.78, 5) is 14.5. The molecule has 1 saturated heterocycles. The van der Waals surface area contributed by atoms with Gasteiger partial charge in [0.25, 0.3) is 0 Å². The Balaban J connectivity index is 1.55. The van der Waals surface area contributed by atoms with E-state index in [1.54, 1.807) is 17.0 Å². The van der Waals surface area contributed by atoms with E-state index in [1.165, 1.54) is 28.2 Å². The first-order valence-electron chi connectivity index (χ1n) is 9.25. The molecule has 0 atom stereocenters. The molecule has 0 aliphatic carbocycles. The van der Waals surface area contributed by atoms with Gasteiger partial charge in [-0.25, -0.2) is 8.42 Å². The van der Waals surface area contributed by atoms with E-state index in [0.29, 0.717) is 23.3 Å². The number of aromatic nitrogens is 3. The Morgan fingerprint density at radius 2 is 1.76 bits per heavy atom. The predicted octanol–water partition coefficient (Wildman–Crippen LogP) is 2.22. The molecule has 3 rings (SSSR count).